The van der Waals surface area contributed by atoms with Crippen molar-refractivity contribution in [2.45, 2.75) is 13.5 Å². The van der Waals surface area contributed by atoms with Gasteiger partial charge in [-0.3, -0.25) is 14.2 Å². The zero-order valence-corrected chi connectivity index (χ0v) is 10.1. The maximum atomic E-state index is 11.7. The van der Waals surface area contributed by atoms with Crippen LogP contribution in [0.5, 0.6) is 0 Å². The second-order valence-corrected chi connectivity index (χ2v) is 3.99. The van der Waals surface area contributed by atoms with Gasteiger partial charge in [0.05, 0.1) is 24.0 Å². The number of nitrogens with zero attached hydrogens (tertiary/aromatic N) is 4. The van der Waals surface area contributed by atoms with Crippen LogP contribution in [0, 0.1) is 6.92 Å². The van der Waals surface area contributed by atoms with Crippen molar-refractivity contribution < 1.29 is 4.79 Å². The molecular formula is C11H15N5O. The molecule has 0 atom stereocenters. The Morgan fingerprint density at radius 2 is 2.24 bits per heavy atom. The molecule has 17 heavy (non-hydrogen) atoms. The van der Waals surface area contributed by atoms with Crippen LogP contribution in [0.3, 0.4) is 0 Å². The summed E-state index contributed by atoms with van der Waals surface area (Å²) in [5.41, 5.74) is 2.47. The van der Waals surface area contributed by atoms with Gasteiger partial charge in [0.1, 0.15) is 0 Å². The summed E-state index contributed by atoms with van der Waals surface area (Å²) in [6, 6.07) is 1.95. The molecular weight excluding hydrogens is 218 g/mol. The highest BCUT2D eigenvalue weighted by atomic mass is 16.1. The van der Waals surface area contributed by atoms with E-state index in [-0.39, 0.29) is 5.91 Å². The summed E-state index contributed by atoms with van der Waals surface area (Å²) in [4.78, 5) is 11.7. The minimum Gasteiger partial charge on any atom is -0.346 e. The minimum absolute atomic E-state index is 0.138. The van der Waals surface area contributed by atoms with Crippen molar-refractivity contribution in [2.75, 3.05) is 0 Å². The van der Waals surface area contributed by atoms with Crippen molar-refractivity contribution in [1.29, 1.82) is 0 Å². The molecule has 0 aromatic carbocycles. The van der Waals surface area contributed by atoms with E-state index in [1.807, 2.05) is 20.0 Å². The number of carbonyl (C=O) groups excluding carboxylic acids is 1. The molecule has 2 rings (SSSR count). The predicted molar refractivity (Wildman–Crippen MR) is 62.3 cm³/mol. The number of aromatic nitrogens is 4. The zero-order chi connectivity index (χ0) is 12.4. The van der Waals surface area contributed by atoms with Crippen LogP contribution in [0.15, 0.2) is 18.5 Å². The fraction of sp³-hybridized carbons (Fsp3) is 0.364. The first-order valence-electron chi connectivity index (χ1n) is 5.32. The third-order valence-corrected chi connectivity index (χ3v) is 2.56. The second kappa shape index (κ2) is 4.40. The van der Waals surface area contributed by atoms with Gasteiger partial charge in [-0.1, -0.05) is 0 Å². The number of amides is 1. The van der Waals surface area contributed by atoms with E-state index in [1.165, 1.54) is 0 Å². The van der Waals surface area contributed by atoms with Crippen LogP contribution in [0.1, 0.15) is 21.7 Å². The zero-order valence-electron chi connectivity index (χ0n) is 10.1. The third-order valence-electron chi connectivity index (χ3n) is 2.56. The van der Waals surface area contributed by atoms with Gasteiger partial charge in [-0.05, 0) is 13.0 Å². The molecule has 0 saturated heterocycles. The maximum Gasteiger partial charge on any atom is 0.254 e. The lowest BCUT2D eigenvalue weighted by Crippen LogP contribution is -2.22. The smallest absolute Gasteiger partial charge is 0.254 e. The van der Waals surface area contributed by atoms with E-state index in [0.29, 0.717) is 12.1 Å². The summed E-state index contributed by atoms with van der Waals surface area (Å²) < 4.78 is 3.38. The Labute approximate surface area is 99.2 Å². The summed E-state index contributed by atoms with van der Waals surface area (Å²) in [5.74, 6) is -0.138. The fourth-order valence-corrected chi connectivity index (χ4v) is 1.53. The van der Waals surface area contributed by atoms with Gasteiger partial charge in [0.2, 0.25) is 0 Å². The van der Waals surface area contributed by atoms with Gasteiger partial charge in [-0.15, -0.1) is 0 Å². The highest BCUT2D eigenvalue weighted by Gasteiger charge is 2.08. The summed E-state index contributed by atoms with van der Waals surface area (Å²) >= 11 is 0. The molecule has 2 heterocycles. The fourth-order valence-electron chi connectivity index (χ4n) is 1.53. The van der Waals surface area contributed by atoms with Gasteiger partial charge in [0.25, 0.3) is 5.91 Å². The average Bonchev–Trinajstić information content (AvgIpc) is 2.83. The van der Waals surface area contributed by atoms with Crippen molar-refractivity contribution in [3.05, 3.63) is 35.4 Å². The lowest BCUT2D eigenvalue weighted by Gasteiger charge is -1.99. The van der Waals surface area contributed by atoms with Crippen LogP contribution in [-0.4, -0.2) is 25.5 Å². The van der Waals surface area contributed by atoms with E-state index in [4.69, 9.17) is 0 Å². The van der Waals surface area contributed by atoms with Gasteiger partial charge in [-0.2, -0.15) is 10.2 Å². The van der Waals surface area contributed by atoms with Crippen molar-refractivity contribution >= 4 is 5.91 Å². The molecule has 0 unspecified atom stereocenters. The third kappa shape index (κ3) is 2.52. The molecule has 1 amide bonds. The topological polar surface area (TPSA) is 64.7 Å². The lowest BCUT2D eigenvalue weighted by molar-refractivity contribution is 0.0950. The van der Waals surface area contributed by atoms with Gasteiger partial charge >= 0.3 is 0 Å². The van der Waals surface area contributed by atoms with E-state index in [9.17, 15) is 4.79 Å². The number of carbonyl (C=O) groups is 1. The first kappa shape index (κ1) is 11.4. The molecule has 6 nitrogen and oxygen atoms in total. The molecule has 2 aromatic heterocycles. The first-order chi connectivity index (χ1) is 8.06. The summed E-state index contributed by atoms with van der Waals surface area (Å²) in [6.45, 7) is 2.40. The predicted octanol–water partition coefficient (Wildman–Crippen LogP) is 0.392. The SMILES string of the molecule is Cc1cc(CNC(=O)c2cnn(C)c2)nn1C. The van der Waals surface area contributed by atoms with Gasteiger partial charge < -0.3 is 5.32 Å². The normalized spacial score (nSPS) is 10.5. The first-order valence-corrected chi connectivity index (χ1v) is 5.32. The van der Waals surface area contributed by atoms with Crippen LogP contribution in [0.2, 0.25) is 0 Å². The van der Waals surface area contributed by atoms with Gasteiger partial charge in [0, 0.05) is 26.0 Å². The highest BCUT2D eigenvalue weighted by Crippen LogP contribution is 2.02. The van der Waals surface area contributed by atoms with Gasteiger partial charge in [-0.25, -0.2) is 0 Å². The van der Waals surface area contributed by atoms with E-state index in [2.05, 4.69) is 15.5 Å². The van der Waals surface area contributed by atoms with Crippen molar-refractivity contribution in [3.8, 4) is 0 Å². The van der Waals surface area contributed by atoms with E-state index in [1.54, 1.807) is 28.8 Å². The monoisotopic (exact) mass is 233 g/mol. The molecule has 0 aliphatic rings. The average molecular weight is 233 g/mol. The van der Waals surface area contributed by atoms with Crippen LogP contribution in [-0.2, 0) is 20.6 Å². The minimum atomic E-state index is -0.138. The molecule has 0 spiro atoms. The molecule has 0 fully saturated rings. The van der Waals surface area contributed by atoms with E-state index >= 15 is 0 Å². The molecule has 6 heteroatoms. The Morgan fingerprint density at radius 3 is 2.76 bits per heavy atom. The van der Waals surface area contributed by atoms with Crippen LogP contribution in [0.25, 0.3) is 0 Å². The number of hydrogen-bond acceptors (Lipinski definition) is 3. The molecule has 0 aliphatic carbocycles. The van der Waals surface area contributed by atoms with Crippen molar-refractivity contribution in [3.63, 3.8) is 0 Å². The number of nitrogens with one attached hydrogen (secondary N) is 1. The summed E-state index contributed by atoms with van der Waals surface area (Å²) in [5, 5.41) is 11.0. The number of rotatable bonds is 3. The van der Waals surface area contributed by atoms with Gasteiger partial charge in [0.15, 0.2) is 0 Å². The largest absolute Gasteiger partial charge is 0.346 e. The molecule has 2 aromatic rings. The molecule has 0 radical (unpaired) electrons. The molecule has 0 aliphatic heterocycles. The second-order valence-electron chi connectivity index (χ2n) is 3.99. The molecule has 90 valence electrons. The van der Waals surface area contributed by atoms with E-state index < -0.39 is 0 Å². The standard InChI is InChI=1S/C11H15N5O/c1-8-4-10(14-16(8)3)6-12-11(17)9-5-13-15(2)7-9/h4-5,7H,6H2,1-3H3,(H,12,17). The lowest BCUT2D eigenvalue weighted by atomic mass is 10.3. The van der Waals surface area contributed by atoms with Crippen LogP contribution in [0.4, 0.5) is 0 Å². The van der Waals surface area contributed by atoms with Crippen molar-refractivity contribution in [2.24, 2.45) is 14.1 Å². The molecule has 0 bridgehead atoms. The molecule has 0 saturated carbocycles. The molecule has 1 N–H and O–H groups in total. The summed E-state index contributed by atoms with van der Waals surface area (Å²) in [6.07, 6.45) is 3.22. The Morgan fingerprint density at radius 1 is 1.47 bits per heavy atom. The van der Waals surface area contributed by atoms with E-state index in [0.717, 1.165) is 11.4 Å². The Kier molecular flexibility index (Phi) is 2.95. The Hall–Kier alpha value is -2.11. The number of aryl methyl sites for hydroxylation is 3. The Balaban J connectivity index is 1.96. The maximum absolute atomic E-state index is 11.7. The summed E-state index contributed by atoms with van der Waals surface area (Å²) in [7, 11) is 3.65. The quantitative estimate of drug-likeness (QED) is 0.834. The van der Waals surface area contributed by atoms with Crippen molar-refractivity contribution in [1.82, 2.24) is 24.9 Å². The van der Waals surface area contributed by atoms with Crippen LogP contribution < -0.4 is 5.32 Å². The number of hydrogen-bond donors (Lipinski definition) is 1. The van der Waals surface area contributed by atoms with Crippen LogP contribution >= 0.6 is 0 Å². The highest BCUT2D eigenvalue weighted by molar-refractivity contribution is 5.93. The Bertz CT molecular complexity index is 520.